The quantitative estimate of drug-likeness (QED) is 0.0227. The molecule has 0 spiro atoms. The lowest BCUT2D eigenvalue weighted by Crippen LogP contribution is -2.46. The second kappa shape index (κ2) is 43.5. The van der Waals surface area contributed by atoms with Crippen LogP contribution in [0.15, 0.2) is 0 Å². The highest BCUT2D eigenvalue weighted by atomic mass is 16.6. The van der Waals surface area contributed by atoms with Crippen LogP contribution < -0.4 is 11.5 Å². The van der Waals surface area contributed by atoms with Crippen LogP contribution in [-0.2, 0) is 80.5 Å². The second-order valence-corrected chi connectivity index (χ2v) is 21.0. The number of nitrogens with two attached hydrogens (primary N) is 2. The van der Waals surface area contributed by atoms with Gasteiger partial charge in [-0.05, 0) is 40.5 Å². The van der Waals surface area contributed by atoms with Crippen molar-refractivity contribution in [2.75, 3.05) is 205 Å². The third kappa shape index (κ3) is 42.7. The van der Waals surface area contributed by atoms with Crippen molar-refractivity contribution in [2.45, 2.75) is 132 Å². The molecular weight excluding hydrogens is 1030 g/mol. The first-order chi connectivity index (χ1) is 37.8. The Morgan fingerprint density at radius 2 is 0.641 bits per heavy atom. The first kappa shape index (κ1) is 69.4. The number of hydrogen-bond acceptors (Lipinski definition) is 25. The maximum atomic E-state index is 10.9. The number of aliphatic hydroxyl groups excluding tert-OH is 4. The molecule has 0 aromatic heterocycles. The summed E-state index contributed by atoms with van der Waals surface area (Å²) in [6.07, 6.45) is 0.753. The molecule has 0 aromatic rings. The van der Waals surface area contributed by atoms with Gasteiger partial charge in [-0.1, -0.05) is 6.42 Å². The zero-order chi connectivity index (χ0) is 56.0. The van der Waals surface area contributed by atoms with Crippen LogP contribution >= 0.6 is 0 Å². The molecule has 25 heteroatoms. The van der Waals surface area contributed by atoms with Crippen molar-refractivity contribution in [3.8, 4) is 0 Å². The van der Waals surface area contributed by atoms with Gasteiger partial charge in [0.25, 0.3) is 12.7 Å². The third-order valence-corrected chi connectivity index (χ3v) is 12.3. The maximum Gasteiger partial charge on any atom is 0.298 e. The first-order valence-corrected chi connectivity index (χ1v) is 28.5. The Morgan fingerprint density at radius 3 is 0.872 bits per heavy atom. The molecule has 6 saturated heterocycles. The minimum atomic E-state index is -0.759. The molecule has 0 radical (unpaired) electrons. The van der Waals surface area contributed by atoms with Crippen molar-refractivity contribution in [3.63, 3.8) is 0 Å². The predicted molar refractivity (Wildman–Crippen MR) is 284 cm³/mol. The van der Waals surface area contributed by atoms with Crippen molar-refractivity contribution < 1.29 is 101 Å². The maximum absolute atomic E-state index is 10.9. The Kier molecular flexibility index (Phi) is 38.7. The fourth-order valence-corrected chi connectivity index (χ4v) is 7.37. The number of rotatable bonds is 53. The molecule has 6 aliphatic rings. The molecule has 0 saturated carbocycles. The summed E-state index contributed by atoms with van der Waals surface area (Å²) < 4.78 is 90.8. The highest BCUT2D eigenvalue weighted by molar-refractivity contribution is 4.82. The normalized spacial score (nSPS) is 24.7. The molecule has 6 heterocycles. The summed E-state index contributed by atoms with van der Waals surface area (Å²) in [5, 5.41) is 43.6. The van der Waals surface area contributed by atoms with Gasteiger partial charge in [0.15, 0.2) is 0 Å². The van der Waals surface area contributed by atoms with Crippen LogP contribution in [0.1, 0.15) is 47.0 Å². The number of ether oxygens (including phenoxy) is 17. The molecule has 6 aliphatic heterocycles. The van der Waals surface area contributed by atoms with Gasteiger partial charge in [0.2, 0.25) is 0 Å². The van der Waals surface area contributed by atoms with E-state index in [1.54, 1.807) is 6.61 Å². The standard InChI is InChI=1S/C39H74N2O16.C8H13O4.C6H16N2O/c1-30(40(14-32(42)18-46-6-10-50-22-36-26-54-36)15-33(43)19-47-7-11-51-23-37-27-55-37)4-3-5-31(2)41(16-34(44)20-48-8-12-52-24-38-28-56-38)17-35(45)21-49-9-13-53-25-39-29-57-39;1(9-3-7-5-11-7)2-10-4-8-6-12-8;1-5(7)3-9-4-6(2)8/h30-39,42-45H,3-29H2,1-2H3;5,7-8H,1-4,6H2;5-6H,3-4,7-8H2,1-2H3/q;+1;. The van der Waals surface area contributed by atoms with Gasteiger partial charge < -0.3 is 108 Å². The second-order valence-electron chi connectivity index (χ2n) is 21.0. The number of epoxide rings is 6. The minimum absolute atomic E-state index is 0.0269. The Bertz CT molecular complexity index is 1230. The SMILES string of the molecule is CC(CCCC(C)N(CC(O)COCCOCC1CO1)CC(O)COCCOCC1CO1)N(CC(O)COCCOCC1CO1)CC(O)COCCOCC1CO1.CC(N)COCC(C)N.[CH+]1OC1COCCOCC1CO1. The summed E-state index contributed by atoms with van der Waals surface area (Å²) in [5.41, 5.74) is 10.8. The van der Waals surface area contributed by atoms with Gasteiger partial charge in [0.1, 0.15) is 37.1 Å². The first-order valence-electron chi connectivity index (χ1n) is 28.5. The van der Waals surface area contributed by atoms with Crippen LogP contribution in [0, 0.1) is 6.61 Å². The summed E-state index contributed by atoms with van der Waals surface area (Å²) in [5.74, 6) is 0. The Balaban J connectivity index is 0.000000514. The summed E-state index contributed by atoms with van der Waals surface area (Å²) in [6.45, 7) is 24.7. The lowest BCUT2D eigenvalue weighted by atomic mass is 10.0. The van der Waals surface area contributed by atoms with Gasteiger partial charge in [-0.15, -0.1) is 4.74 Å². The summed E-state index contributed by atoms with van der Waals surface area (Å²) in [7, 11) is 0. The smallest absolute Gasteiger partial charge is 0.298 e. The fourth-order valence-electron chi connectivity index (χ4n) is 7.37. The van der Waals surface area contributed by atoms with Gasteiger partial charge in [-0.2, -0.15) is 0 Å². The Hall–Kier alpha value is -1.13. The van der Waals surface area contributed by atoms with E-state index in [1.807, 2.05) is 13.8 Å². The van der Waals surface area contributed by atoms with Crippen LogP contribution in [-0.4, -0.2) is 320 Å². The minimum Gasteiger partial charge on any atom is -0.389 e. The van der Waals surface area contributed by atoms with Crippen molar-refractivity contribution >= 4 is 0 Å². The van der Waals surface area contributed by atoms with Crippen molar-refractivity contribution in [1.29, 1.82) is 0 Å². The molecule has 0 amide bonds. The monoisotopic (exact) mass is 1130 g/mol. The van der Waals surface area contributed by atoms with E-state index >= 15 is 0 Å². The zero-order valence-electron chi connectivity index (χ0n) is 47.5. The van der Waals surface area contributed by atoms with Gasteiger partial charge in [-0.25, -0.2) is 0 Å². The highest BCUT2D eigenvalue weighted by Gasteiger charge is 2.39. The molecule has 0 aromatic carbocycles. The van der Waals surface area contributed by atoms with Gasteiger partial charge in [0.05, 0.1) is 196 Å². The Labute approximate surface area is 464 Å². The zero-order valence-corrected chi connectivity index (χ0v) is 47.5. The predicted octanol–water partition coefficient (Wildman–Crippen LogP) is -1.61. The highest BCUT2D eigenvalue weighted by Crippen LogP contribution is 2.18. The van der Waals surface area contributed by atoms with Crippen LogP contribution in [0.3, 0.4) is 0 Å². The molecule has 6 rings (SSSR count). The Morgan fingerprint density at radius 1 is 0.397 bits per heavy atom. The molecule has 460 valence electrons. The van der Waals surface area contributed by atoms with Crippen LogP contribution in [0.2, 0.25) is 0 Å². The molecule has 6 fully saturated rings. The van der Waals surface area contributed by atoms with Crippen molar-refractivity contribution in [1.82, 2.24) is 9.80 Å². The topological polar surface area (TPSA) is 316 Å². The van der Waals surface area contributed by atoms with Gasteiger partial charge in [0, 0.05) is 50.3 Å². The fraction of sp³-hybridized carbons (Fsp3) is 0.981. The van der Waals surface area contributed by atoms with E-state index < -0.39 is 24.4 Å². The van der Waals surface area contributed by atoms with Gasteiger partial charge in [-0.3, -0.25) is 9.80 Å². The largest absolute Gasteiger partial charge is 0.389 e. The van der Waals surface area contributed by atoms with Crippen molar-refractivity contribution in [2.24, 2.45) is 11.5 Å². The van der Waals surface area contributed by atoms with E-state index in [1.165, 1.54) is 0 Å². The number of hydrogen-bond donors (Lipinski definition) is 6. The van der Waals surface area contributed by atoms with Crippen LogP contribution in [0.5, 0.6) is 0 Å². The summed E-state index contributed by atoms with van der Waals surface area (Å²) in [4.78, 5) is 4.16. The van der Waals surface area contributed by atoms with E-state index in [0.29, 0.717) is 151 Å². The molecule has 0 bridgehead atoms. The van der Waals surface area contributed by atoms with Crippen LogP contribution in [0.25, 0.3) is 0 Å². The van der Waals surface area contributed by atoms with E-state index in [2.05, 4.69) is 23.6 Å². The molecule has 25 nitrogen and oxygen atoms in total. The average molecular weight is 1130 g/mol. The molecular formula is C53H103N4O21+. The van der Waals surface area contributed by atoms with E-state index in [4.69, 9.17) is 92.0 Å². The van der Waals surface area contributed by atoms with E-state index in [-0.39, 0.29) is 81.1 Å². The lowest BCUT2D eigenvalue weighted by molar-refractivity contribution is -0.0372. The molecule has 14 unspecified atom stereocenters. The van der Waals surface area contributed by atoms with E-state index in [0.717, 1.165) is 52.3 Å². The van der Waals surface area contributed by atoms with Crippen LogP contribution in [0.4, 0.5) is 0 Å². The average Bonchev–Trinajstić information content (AvgIpc) is 4.17. The summed E-state index contributed by atoms with van der Waals surface area (Å²) >= 11 is 0. The molecule has 8 N–H and O–H groups in total. The van der Waals surface area contributed by atoms with Crippen molar-refractivity contribution in [3.05, 3.63) is 6.61 Å². The lowest BCUT2D eigenvalue weighted by Gasteiger charge is -2.34. The molecule has 14 atom stereocenters. The molecule has 78 heavy (non-hydrogen) atoms. The van der Waals surface area contributed by atoms with Gasteiger partial charge >= 0.3 is 0 Å². The van der Waals surface area contributed by atoms with E-state index in [9.17, 15) is 20.4 Å². The number of nitrogens with zero attached hydrogens (tertiary/aromatic N) is 2. The summed E-state index contributed by atoms with van der Waals surface area (Å²) in [6, 6.07) is 0.283. The molecule has 0 aliphatic carbocycles. The number of aliphatic hydroxyl groups is 4. The third-order valence-electron chi connectivity index (χ3n) is 12.3.